The van der Waals surface area contributed by atoms with Gasteiger partial charge in [-0.25, -0.2) is 0 Å². The highest BCUT2D eigenvalue weighted by molar-refractivity contribution is 7.90. The van der Waals surface area contributed by atoms with Crippen molar-refractivity contribution in [3.05, 3.63) is 95.6 Å². The molecule has 0 radical (unpaired) electrons. The van der Waals surface area contributed by atoms with Crippen molar-refractivity contribution in [3.63, 3.8) is 0 Å². The molecule has 3 aromatic carbocycles. The van der Waals surface area contributed by atoms with E-state index in [9.17, 15) is 8.42 Å². The molecule has 0 N–H and O–H groups in total. The van der Waals surface area contributed by atoms with Crippen LogP contribution in [0.2, 0.25) is 0 Å². The van der Waals surface area contributed by atoms with Crippen LogP contribution >= 0.6 is 11.3 Å². The lowest BCUT2D eigenvalue weighted by molar-refractivity contribution is 0.598. The topological polar surface area (TPSA) is 46.5 Å². The maximum Gasteiger partial charge on any atom is 0.282 e. The molecule has 0 saturated carbocycles. The standard InChI is InChI=1S/C24H17NO2S2/c1-16-10-12-18(13-11-16)29(26,27)25-21-15-14-20-23-19(21)8-5-9-22(23)28-24(20)17-6-3-2-4-7-17/h2-15H,1H3/b25-21+. The lowest BCUT2D eigenvalue weighted by atomic mass is 9.94. The van der Waals surface area contributed by atoms with Crippen LogP contribution in [0, 0.1) is 6.92 Å². The Morgan fingerprint density at radius 1 is 0.828 bits per heavy atom. The Hall–Kier alpha value is -3.02. The minimum atomic E-state index is -3.78. The van der Waals surface area contributed by atoms with Crippen LogP contribution in [0.15, 0.2) is 88.2 Å². The molecule has 0 fully saturated rings. The summed E-state index contributed by atoms with van der Waals surface area (Å²) >= 11 is 1.72. The van der Waals surface area contributed by atoms with E-state index in [4.69, 9.17) is 0 Å². The third-order valence-corrected chi connectivity index (χ3v) is 7.53. The Bertz CT molecular complexity index is 1390. The summed E-state index contributed by atoms with van der Waals surface area (Å²) in [4.78, 5) is 1.39. The fourth-order valence-corrected chi connectivity index (χ4v) is 5.80. The van der Waals surface area contributed by atoms with Crippen LogP contribution in [0.4, 0.5) is 0 Å². The van der Waals surface area contributed by atoms with Gasteiger partial charge in [-0.1, -0.05) is 66.2 Å². The molecule has 0 bridgehead atoms. The van der Waals surface area contributed by atoms with E-state index >= 15 is 0 Å². The number of benzene rings is 3. The second-order valence-electron chi connectivity index (χ2n) is 6.99. The monoisotopic (exact) mass is 415 g/mol. The van der Waals surface area contributed by atoms with Crippen molar-refractivity contribution in [1.82, 2.24) is 0 Å². The van der Waals surface area contributed by atoms with Gasteiger partial charge in [-0.15, -0.1) is 11.3 Å². The van der Waals surface area contributed by atoms with Crippen molar-refractivity contribution in [1.29, 1.82) is 0 Å². The van der Waals surface area contributed by atoms with Gasteiger partial charge >= 0.3 is 0 Å². The van der Waals surface area contributed by atoms with Gasteiger partial charge in [0, 0.05) is 26.1 Å². The first-order chi connectivity index (χ1) is 14.0. The van der Waals surface area contributed by atoms with Gasteiger partial charge in [0.15, 0.2) is 0 Å². The summed E-state index contributed by atoms with van der Waals surface area (Å²) in [7, 11) is -3.78. The number of sulfonamides is 1. The summed E-state index contributed by atoms with van der Waals surface area (Å²) in [6.07, 6.45) is 3.79. The summed E-state index contributed by atoms with van der Waals surface area (Å²) in [5.74, 6) is 0. The molecular formula is C24H17NO2S2. The van der Waals surface area contributed by atoms with E-state index in [1.54, 1.807) is 35.6 Å². The Labute approximate surface area is 173 Å². The number of hydrogen-bond acceptors (Lipinski definition) is 3. The number of allylic oxidation sites excluding steroid dienone is 1. The smallest absolute Gasteiger partial charge is 0.199 e. The first-order valence-corrected chi connectivity index (χ1v) is 11.5. The zero-order chi connectivity index (χ0) is 20.0. The van der Waals surface area contributed by atoms with Crippen LogP contribution in [-0.4, -0.2) is 14.1 Å². The Morgan fingerprint density at radius 2 is 1.59 bits per heavy atom. The predicted octanol–water partition coefficient (Wildman–Crippen LogP) is 6.08. The van der Waals surface area contributed by atoms with Gasteiger partial charge in [0.2, 0.25) is 0 Å². The van der Waals surface area contributed by atoms with E-state index in [0.717, 1.165) is 32.3 Å². The van der Waals surface area contributed by atoms with E-state index in [1.807, 2.05) is 49.4 Å². The molecule has 0 unspecified atom stereocenters. The van der Waals surface area contributed by atoms with E-state index in [0.29, 0.717) is 5.71 Å². The average Bonchev–Trinajstić information content (AvgIpc) is 3.11. The van der Waals surface area contributed by atoms with Crippen molar-refractivity contribution in [2.24, 2.45) is 4.40 Å². The molecule has 5 rings (SSSR count). The quantitative estimate of drug-likeness (QED) is 0.407. The van der Waals surface area contributed by atoms with Crippen molar-refractivity contribution >= 4 is 43.2 Å². The van der Waals surface area contributed by atoms with Crippen LogP contribution in [0.3, 0.4) is 0 Å². The predicted molar refractivity (Wildman–Crippen MR) is 121 cm³/mol. The van der Waals surface area contributed by atoms with Gasteiger partial charge in [-0.3, -0.25) is 0 Å². The van der Waals surface area contributed by atoms with Crippen LogP contribution < -0.4 is 0 Å². The van der Waals surface area contributed by atoms with Crippen molar-refractivity contribution in [2.75, 3.05) is 0 Å². The third kappa shape index (κ3) is 3.12. The minimum Gasteiger partial charge on any atom is -0.199 e. The van der Waals surface area contributed by atoms with Crippen LogP contribution in [0.25, 0.3) is 26.6 Å². The van der Waals surface area contributed by atoms with Gasteiger partial charge < -0.3 is 0 Å². The number of hydrogen-bond donors (Lipinski definition) is 0. The SMILES string of the molecule is Cc1ccc(S(=O)(=O)/N=C2\C=Cc3c(-c4ccccc4)sc4cccc2c34)cc1. The molecule has 1 aromatic heterocycles. The number of rotatable bonds is 3. The lowest BCUT2D eigenvalue weighted by Crippen LogP contribution is -2.07. The molecular weight excluding hydrogens is 398 g/mol. The van der Waals surface area contributed by atoms with E-state index in [1.165, 1.54) is 4.88 Å². The maximum atomic E-state index is 12.9. The first kappa shape index (κ1) is 18.0. The second kappa shape index (κ2) is 6.79. The second-order valence-corrected chi connectivity index (χ2v) is 9.64. The summed E-state index contributed by atoms with van der Waals surface area (Å²) in [6.45, 7) is 1.93. The van der Waals surface area contributed by atoms with E-state index in [-0.39, 0.29) is 4.90 Å². The zero-order valence-electron chi connectivity index (χ0n) is 15.7. The number of nitrogens with zero attached hydrogens (tertiary/aromatic N) is 1. The van der Waals surface area contributed by atoms with Gasteiger partial charge in [-0.05, 0) is 36.8 Å². The lowest BCUT2D eigenvalue weighted by Gasteiger charge is -2.11. The number of thiophene rings is 1. The zero-order valence-corrected chi connectivity index (χ0v) is 17.3. The minimum absolute atomic E-state index is 0.206. The summed E-state index contributed by atoms with van der Waals surface area (Å²) < 4.78 is 31.0. The molecule has 0 amide bonds. The Kier molecular flexibility index (Phi) is 4.23. The highest BCUT2D eigenvalue weighted by Crippen LogP contribution is 2.43. The van der Waals surface area contributed by atoms with E-state index < -0.39 is 10.0 Å². The molecule has 1 heterocycles. The third-order valence-electron chi connectivity index (χ3n) is 5.01. The van der Waals surface area contributed by atoms with Crippen molar-refractivity contribution in [2.45, 2.75) is 11.8 Å². The van der Waals surface area contributed by atoms with E-state index in [2.05, 4.69) is 22.6 Å². The van der Waals surface area contributed by atoms with Gasteiger partial charge in [0.25, 0.3) is 10.0 Å². The average molecular weight is 416 g/mol. The Morgan fingerprint density at radius 3 is 2.34 bits per heavy atom. The summed E-state index contributed by atoms with van der Waals surface area (Å²) in [5, 5.41) is 1.07. The molecule has 1 aliphatic rings. The molecule has 142 valence electrons. The molecule has 3 nitrogen and oxygen atoms in total. The highest BCUT2D eigenvalue weighted by Gasteiger charge is 2.22. The van der Waals surface area contributed by atoms with Gasteiger partial charge in [-0.2, -0.15) is 12.8 Å². The van der Waals surface area contributed by atoms with Crippen molar-refractivity contribution in [3.8, 4) is 10.4 Å². The summed E-state index contributed by atoms with van der Waals surface area (Å²) in [5.41, 5.74) is 4.62. The molecule has 4 aromatic rings. The fraction of sp³-hybridized carbons (Fsp3) is 0.0417. The molecule has 0 saturated heterocycles. The Balaban J connectivity index is 1.67. The molecule has 0 atom stereocenters. The largest absolute Gasteiger partial charge is 0.282 e. The molecule has 1 aliphatic carbocycles. The van der Waals surface area contributed by atoms with Crippen LogP contribution in [0.5, 0.6) is 0 Å². The highest BCUT2D eigenvalue weighted by atomic mass is 32.2. The summed E-state index contributed by atoms with van der Waals surface area (Å²) in [6, 6.07) is 23.0. The molecule has 0 aliphatic heterocycles. The molecule has 0 spiro atoms. The van der Waals surface area contributed by atoms with Crippen LogP contribution in [-0.2, 0) is 10.0 Å². The first-order valence-electron chi connectivity index (χ1n) is 9.24. The normalized spacial score (nSPS) is 14.6. The van der Waals surface area contributed by atoms with Gasteiger partial charge in [0.1, 0.15) is 0 Å². The van der Waals surface area contributed by atoms with Gasteiger partial charge in [0.05, 0.1) is 10.6 Å². The maximum absolute atomic E-state index is 12.9. The fourth-order valence-electron chi connectivity index (χ4n) is 3.57. The molecule has 29 heavy (non-hydrogen) atoms. The van der Waals surface area contributed by atoms with Crippen molar-refractivity contribution < 1.29 is 8.42 Å². The van der Waals surface area contributed by atoms with Crippen LogP contribution in [0.1, 0.15) is 16.7 Å². The molecule has 5 heteroatoms. The number of aryl methyl sites for hydroxylation is 1.